The van der Waals surface area contributed by atoms with Crippen molar-refractivity contribution in [1.82, 2.24) is 10.2 Å². The predicted molar refractivity (Wildman–Crippen MR) is 123 cm³/mol. The molecule has 1 fully saturated rings. The highest BCUT2D eigenvalue weighted by molar-refractivity contribution is 5.94. The molecule has 0 aliphatic carbocycles. The molecule has 31 heavy (non-hydrogen) atoms. The Balaban J connectivity index is 1.37. The van der Waals surface area contributed by atoms with Crippen LogP contribution >= 0.6 is 0 Å². The monoisotopic (exact) mass is 422 g/mol. The largest absolute Gasteiger partial charge is 0.494 e. The van der Waals surface area contributed by atoms with Crippen molar-refractivity contribution in [2.75, 3.05) is 19.7 Å². The van der Waals surface area contributed by atoms with Gasteiger partial charge in [0.05, 0.1) is 6.61 Å². The fourth-order valence-corrected chi connectivity index (χ4v) is 3.75. The van der Waals surface area contributed by atoms with Crippen molar-refractivity contribution in [2.24, 2.45) is 0 Å². The predicted octanol–water partition coefficient (Wildman–Crippen LogP) is 4.56. The second-order valence-corrected chi connectivity index (χ2v) is 9.22. The number of likely N-dealkylation sites (tertiary alicyclic amines) is 1. The van der Waals surface area contributed by atoms with Gasteiger partial charge in [-0.25, -0.2) is 0 Å². The maximum atomic E-state index is 12.6. The van der Waals surface area contributed by atoms with E-state index in [1.165, 1.54) is 5.56 Å². The SMILES string of the molecule is CC(C)(C)c1ccc(C(=O)NC2CCN(C(=O)CCCOc3ccccc3)CC2)cc1. The van der Waals surface area contributed by atoms with Gasteiger partial charge >= 0.3 is 0 Å². The number of hydrogen-bond donors (Lipinski definition) is 1. The van der Waals surface area contributed by atoms with Gasteiger partial charge in [0.1, 0.15) is 5.75 Å². The zero-order valence-electron chi connectivity index (χ0n) is 18.9. The van der Waals surface area contributed by atoms with Crippen LogP contribution in [0.5, 0.6) is 5.75 Å². The number of rotatable bonds is 7. The molecule has 0 spiro atoms. The van der Waals surface area contributed by atoms with Gasteiger partial charge in [-0.1, -0.05) is 51.1 Å². The number of carbonyl (C=O) groups is 2. The number of nitrogens with zero attached hydrogens (tertiary/aromatic N) is 1. The third kappa shape index (κ3) is 6.84. The molecule has 1 aliphatic heterocycles. The third-order valence-electron chi connectivity index (χ3n) is 5.74. The van der Waals surface area contributed by atoms with Gasteiger partial charge in [0.15, 0.2) is 0 Å². The van der Waals surface area contributed by atoms with Gasteiger partial charge in [0.2, 0.25) is 5.91 Å². The van der Waals surface area contributed by atoms with Crippen molar-refractivity contribution in [2.45, 2.75) is 57.9 Å². The zero-order chi connectivity index (χ0) is 22.3. The zero-order valence-corrected chi connectivity index (χ0v) is 18.9. The molecule has 2 aromatic rings. The fraction of sp³-hybridized carbons (Fsp3) is 0.462. The van der Waals surface area contributed by atoms with Crippen LogP contribution in [-0.2, 0) is 10.2 Å². The molecule has 1 N–H and O–H groups in total. The van der Waals surface area contributed by atoms with Crippen molar-refractivity contribution in [1.29, 1.82) is 0 Å². The van der Waals surface area contributed by atoms with Crippen LogP contribution in [0.2, 0.25) is 0 Å². The Morgan fingerprint density at radius 2 is 1.65 bits per heavy atom. The Bertz CT molecular complexity index is 848. The Kier molecular flexibility index (Phi) is 7.72. The molecule has 0 aromatic heterocycles. The summed E-state index contributed by atoms with van der Waals surface area (Å²) >= 11 is 0. The molecule has 5 nitrogen and oxygen atoms in total. The van der Waals surface area contributed by atoms with E-state index >= 15 is 0 Å². The first kappa shape index (κ1) is 22.9. The van der Waals surface area contributed by atoms with Gasteiger partial charge in [-0.15, -0.1) is 0 Å². The number of benzene rings is 2. The minimum atomic E-state index is -0.0386. The van der Waals surface area contributed by atoms with Gasteiger partial charge < -0.3 is 15.0 Å². The lowest BCUT2D eigenvalue weighted by atomic mass is 9.86. The van der Waals surface area contributed by atoms with Gasteiger partial charge in [-0.2, -0.15) is 0 Å². The Morgan fingerprint density at radius 1 is 1.00 bits per heavy atom. The second-order valence-electron chi connectivity index (χ2n) is 9.22. The summed E-state index contributed by atoms with van der Waals surface area (Å²) in [4.78, 5) is 26.9. The standard InChI is InChI=1S/C26H34N2O3/c1-26(2,3)21-13-11-20(12-14-21)25(30)27-22-15-17-28(18-16-22)24(29)10-7-19-31-23-8-5-4-6-9-23/h4-6,8-9,11-14,22H,7,10,15-19H2,1-3H3,(H,27,30). The minimum Gasteiger partial charge on any atom is -0.494 e. The molecule has 0 unspecified atom stereocenters. The molecule has 0 saturated carbocycles. The summed E-state index contributed by atoms with van der Waals surface area (Å²) in [5.74, 6) is 0.960. The van der Waals surface area contributed by atoms with E-state index in [1.54, 1.807) is 0 Å². The van der Waals surface area contributed by atoms with Crippen LogP contribution < -0.4 is 10.1 Å². The molecule has 1 heterocycles. The molecule has 3 rings (SSSR count). The first-order valence-electron chi connectivity index (χ1n) is 11.2. The highest BCUT2D eigenvalue weighted by Gasteiger charge is 2.24. The molecule has 5 heteroatoms. The van der Waals surface area contributed by atoms with Crippen LogP contribution in [0.3, 0.4) is 0 Å². The van der Waals surface area contributed by atoms with Crippen LogP contribution in [-0.4, -0.2) is 42.5 Å². The van der Waals surface area contributed by atoms with E-state index in [0.29, 0.717) is 38.1 Å². The Hall–Kier alpha value is -2.82. The third-order valence-corrected chi connectivity index (χ3v) is 5.74. The lowest BCUT2D eigenvalue weighted by molar-refractivity contribution is -0.132. The fourth-order valence-electron chi connectivity index (χ4n) is 3.75. The molecule has 0 bridgehead atoms. The van der Waals surface area contributed by atoms with Crippen molar-refractivity contribution < 1.29 is 14.3 Å². The second kappa shape index (κ2) is 10.5. The van der Waals surface area contributed by atoms with Gasteiger partial charge in [0, 0.05) is 31.1 Å². The van der Waals surface area contributed by atoms with Crippen LogP contribution in [0.1, 0.15) is 62.4 Å². The summed E-state index contributed by atoms with van der Waals surface area (Å²) in [6.07, 6.45) is 2.77. The number of para-hydroxylation sites is 1. The topological polar surface area (TPSA) is 58.6 Å². The first-order chi connectivity index (χ1) is 14.8. The number of amides is 2. The molecule has 0 radical (unpaired) electrons. The van der Waals surface area contributed by atoms with Crippen LogP contribution in [0.4, 0.5) is 0 Å². The van der Waals surface area contributed by atoms with E-state index in [2.05, 4.69) is 26.1 Å². The first-order valence-corrected chi connectivity index (χ1v) is 11.2. The van der Waals surface area contributed by atoms with E-state index < -0.39 is 0 Å². The average molecular weight is 423 g/mol. The maximum Gasteiger partial charge on any atom is 0.251 e. The smallest absolute Gasteiger partial charge is 0.251 e. The summed E-state index contributed by atoms with van der Waals surface area (Å²) in [5, 5.41) is 3.13. The molecule has 2 amide bonds. The Morgan fingerprint density at radius 3 is 2.26 bits per heavy atom. The summed E-state index contributed by atoms with van der Waals surface area (Å²) in [6.45, 7) is 8.39. The molecule has 1 saturated heterocycles. The van der Waals surface area contributed by atoms with E-state index in [-0.39, 0.29) is 23.3 Å². The van der Waals surface area contributed by atoms with Crippen LogP contribution in [0.15, 0.2) is 54.6 Å². The molecular weight excluding hydrogens is 388 g/mol. The highest BCUT2D eigenvalue weighted by atomic mass is 16.5. The van der Waals surface area contributed by atoms with E-state index in [9.17, 15) is 9.59 Å². The van der Waals surface area contributed by atoms with Gasteiger partial charge in [-0.3, -0.25) is 9.59 Å². The summed E-state index contributed by atoms with van der Waals surface area (Å²) in [7, 11) is 0. The van der Waals surface area contributed by atoms with Crippen molar-refractivity contribution in [3.63, 3.8) is 0 Å². The van der Waals surface area contributed by atoms with Gasteiger partial charge in [-0.05, 0) is 54.5 Å². The van der Waals surface area contributed by atoms with E-state index in [0.717, 1.165) is 18.6 Å². The molecule has 2 aromatic carbocycles. The molecule has 0 atom stereocenters. The van der Waals surface area contributed by atoms with Crippen molar-refractivity contribution in [3.8, 4) is 5.75 Å². The maximum absolute atomic E-state index is 12.6. The van der Waals surface area contributed by atoms with Crippen LogP contribution in [0.25, 0.3) is 0 Å². The lowest BCUT2D eigenvalue weighted by Crippen LogP contribution is -2.46. The number of piperidine rings is 1. The number of hydrogen-bond acceptors (Lipinski definition) is 3. The Labute approximate surface area is 185 Å². The summed E-state index contributed by atoms with van der Waals surface area (Å²) in [6, 6.07) is 17.6. The number of nitrogens with one attached hydrogen (secondary N) is 1. The minimum absolute atomic E-state index is 0.0386. The normalized spacial score (nSPS) is 14.9. The molecular formula is C26H34N2O3. The van der Waals surface area contributed by atoms with Crippen LogP contribution in [0, 0.1) is 0 Å². The summed E-state index contributed by atoms with van der Waals surface area (Å²) in [5.41, 5.74) is 1.97. The lowest BCUT2D eigenvalue weighted by Gasteiger charge is -2.32. The number of ether oxygens (including phenoxy) is 1. The molecule has 1 aliphatic rings. The quantitative estimate of drug-likeness (QED) is 0.665. The average Bonchev–Trinajstić information content (AvgIpc) is 2.77. The number of carbonyl (C=O) groups excluding carboxylic acids is 2. The van der Waals surface area contributed by atoms with E-state index in [4.69, 9.17) is 4.74 Å². The highest BCUT2D eigenvalue weighted by Crippen LogP contribution is 2.22. The van der Waals surface area contributed by atoms with Gasteiger partial charge in [0.25, 0.3) is 5.91 Å². The van der Waals surface area contributed by atoms with Crippen molar-refractivity contribution in [3.05, 3.63) is 65.7 Å². The molecule has 166 valence electrons. The van der Waals surface area contributed by atoms with Crippen molar-refractivity contribution >= 4 is 11.8 Å². The summed E-state index contributed by atoms with van der Waals surface area (Å²) < 4.78 is 5.65. The van der Waals surface area contributed by atoms with E-state index in [1.807, 2.05) is 59.5 Å².